The Balaban J connectivity index is 2.46. The average Bonchev–Trinajstić information content (AvgIpc) is 2.36. The molecule has 3 nitrogen and oxygen atoms in total. The van der Waals surface area contributed by atoms with Crippen molar-refractivity contribution < 1.29 is 4.79 Å². The van der Waals surface area contributed by atoms with E-state index in [0.29, 0.717) is 17.3 Å². The molecule has 0 spiro atoms. The molecule has 0 saturated heterocycles. The predicted molar refractivity (Wildman–Crippen MR) is 54.0 cm³/mol. The van der Waals surface area contributed by atoms with Gasteiger partial charge in [0.05, 0.1) is 0 Å². The Morgan fingerprint density at radius 2 is 2.58 bits per heavy atom. The lowest BCUT2D eigenvalue weighted by Gasteiger charge is -1.97. The van der Waals surface area contributed by atoms with Crippen LogP contribution in [0.1, 0.15) is 11.3 Å². The van der Waals surface area contributed by atoms with E-state index in [0.717, 1.165) is 4.88 Å². The molecule has 0 aromatic carbocycles. The first kappa shape index (κ1) is 9.54. The predicted octanol–water partition coefficient (Wildman–Crippen LogP) is 1.71. The molecule has 0 fully saturated rings. The third kappa shape index (κ3) is 2.83. The van der Waals surface area contributed by atoms with E-state index in [1.807, 2.05) is 6.92 Å². The highest BCUT2D eigenvalue weighted by Gasteiger charge is 2.02. The largest absolute Gasteiger partial charge is 0.302 e. The van der Waals surface area contributed by atoms with Crippen molar-refractivity contribution in [2.45, 2.75) is 13.3 Å². The summed E-state index contributed by atoms with van der Waals surface area (Å²) in [6, 6.07) is 0. The Morgan fingerprint density at radius 3 is 3.08 bits per heavy atom. The van der Waals surface area contributed by atoms with Gasteiger partial charge in [-0.25, -0.2) is 4.98 Å². The third-order valence-electron chi connectivity index (χ3n) is 1.21. The fraction of sp³-hybridized carbons (Fsp3) is 0.429. The Morgan fingerprint density at radius 1 is 1.83 bits per heavy atom. The van der Waals surface area contributed by atoms with Gasteiger partial charge in [-0.1, -0.05) is 0 Å². The molecule has 12 heavy (non-hydrogen) atoms. The van der Waals surface area contributed by atoms with Crippen LogP contribution >= 0.6 is 24.0 Å². The van der Waals surface area contributed by atoms with Gasteiger partial charge < -0.3 is 5.32 Å². The zero-order valence-corrected chi connectivity index (χ0v) is 8.41. The summed E-state index contributed by atoms with van der Waals surface area (Å²) in [5.74, 6) is 0.537. The van der Waals surface area contributed by atoms with Crippen LogP contribution in [-0.4, -0.2) is 16.6 Å². The van der Waals surface area contributed by atoms with Crippen molar-refractivity contribution in [3.8, 4) is 0 Å². The van der Waals surface area contributed by atoms with E-state index in [1.54, 1.807) is 6.20 Å². The molecule has 0 unspecified atom stereocenters. The van der Waals surface area contributed by atoms with E-state index in [2.05, 4.69) is 22.9 Å². The van der Waals surface area contributed by atoms with E-state index >= 15 is 0 Å². The molecule has 1 amide bonds. The number of nitrogens with one attached hydrogen (secondary N) is 1. The summed E-state index contributed by atoms with van der Waals surface area (Å²) < 4.78 is 0. The van der Waals surface area contributed by atoms with Gasteiger partial charge in [0.2, 0.25) is 5.91 Å². The summed E-state index contributed by atoms with van der Waals surface area (Å²) in [4.78, 5) is 16.1. The maximum Gasteiger partial charge on any atom is 0.226 e. The number of thiazole rings is 1. The molecule has 1 heterocycles. The lowest BCUT2D eigenvalue weighted by molar-refractivity contribution is -0.115. The van der Waals surface area contributed by atoms with Crippen molar-refractivity contribution in [3.63, 3.8) is 0 Å². The number of thiol groups is 1. The number of carbonyl (C=O) groups excluding carboxylic acids is 1. The molecule has 1 aromatic heterocycles. The summed E-state index contributed by atoms with van der Waals surface area (Å²) >= 11 is 5.43. The van der Waals surface area contributed by atoms with Crippen LogP contribution in [-0.2, 0) is 4.79 Å². The number of anilines is 1. The molecular weight excluding hydrogens is 192 g/mol. The molecular formula is C7H10N2OS2. The van der Waals surface area contributed by atoms with Crippen molar-refractivity contribution >= 4 is 35.0 Å². The highest BCUT2D eigenvalue weighted by atomic mass is 32.1. The summed E-state index contributed by atoms with van der Waals surface area (Å²) in [5, 5.41) is 3.35. The van der Waals surface area contributed by atoms with Crippen molar-refractivity contribution in [2.24, 2.45) is 0 Å². The van der Waals surface area contributed by atoms with Crippen LogP contribution in [0.2, 0.25) is 0 Å². The summed E-state index contributed by atoms with van der Waals surface area (Å²) in [5.41, 5.74) is 0. The van der Waals surface area contributed by atoms with Crippen molar-refractivity contribution in [1.29, 1.82) is 0 Å². The molecule has 0 radical (unpaired) electrons. The van der Waals surface area contributed by atoms with Crippen LogP contribution in [0.4, 0.5) is 5.13 Å². The van der Waals surface area contributed by atoms with Crippen molar-refractivity contribution in [2.75, 3.05) is 11.1 Å². The lowest BCUT2D eigenvalue weighted by Crippen LogP contribution is -2.11. The second-order valence-corrected chi connectivity index (χ2v) is 3.98. The van der Waals surface area contributed by atoms with E-state index in [4.69, 9.17) is 0 Å². The quantitative estimate of drug-likeness (QED) is 0.733. The van der Waals surface area contributed by atoms with Gasteiger partial charge in [0.15, 0.2) is 5.13 Å². The van der Waals surface area contributed by atoms with Crippen molar-refractivity contribution in [3.05, 3.63) is 11.1 Å². The summed E-state index contributed by atoms with van der Waals surface area (Å²) in [6.45, 7) is 1.95. The highest BCUT2D eigenvalue weighted by Crippen LogP contribution is 2.16. The average molecular weight is 202 g/mol. The van der Waals surface area contributed by atoms with Gasteiger partial charge >= 0.3 is 0 Å². The van der Waals surface area contributed by atoms with Gasteiger partial charge in [-0.15, -0.1) is 11.3 Å². The first-order chi connectivity index (χ1) is 5.72. The number of hydrogen-bond donors (Lipinski definition) is 2. The summed E-state index contributed by atoms with van der Waals surface area (Å²) in [7, 11) is 0. The van der Waals surface area contributed by atoms with E-state index < -0.39 is 0 Å². The SMILES string of the molecule is Cc1cnc(NC(=O)CCS)s1. The fourth-order valence-corrected chi connectivity index (χ4v) is 1.58. The summed E-state index contributed by atoms with van der Waals surface area (Å²) in [6.07, 6.45) is 2.17. The second kappa shape index (κ2) is 4.47. The van der Waals surface area contributed by atoms with Crippen LogP contribution in [0.5, 0.6) is 0 Å². The minimum Gasteiger partial charge on any atom is -0.302 e. The maximum atomic E-state index is 11.0. The number of nitrogens with zero attached hydrogens (tertiary/aromatic N) is 1. The van der Waals surface area contributed by atoms with Gasteiger partial charge in [0.1, 0.15) is 0 Å². The Labute approximate surface area is 80.6 Å². The molecule has 0 aliphatic rings. The minimum atomic E-state index is -0.0284. The van der Waals surface area contributed by atoms with E-state index in [1.165, 1.54) is 11.3 Å². The number of carbonyl (C=O) groups is 1. The number of aryl methyl sites for hydroxylation is 1. The molecule has 0 aliphatic carbocycles. The number of aromatic nitrogens is 1. The Hall–Kier alpha value is -0.550. The van der Waals surface area contributed by atoms with Crippen molar-refractivity contribution in [1.82, 2.24) is 4.98 Å². The van der Waals surface area contributed by atoms with Gasteiger partial charge in [0, 0.05) is 17.5 Å². The number of amides is 1. The Bertz CT molecular complexity index is 272. The standard InChI is InChI=1S/C7H10N2OS2/c1-5-4-8-7(12-5)9-6(10)2-3-11/h4,11H,2-3H2,1H3,(H,8,9,10). The van der Waals surface area contributed by atoms with Crippen LogP contribution < -0.4 is 5.32 Å². The molecule has 66 valence electrons. The van der Waals surface area contributed by atoms with E-state index in [9.17, 15) is 4.79 Å². The van der Waals surface area contributed by atoms with Crippen LogP contribution in [0, 0.1) is 6.92 Å². The first-order valence-electron chi connectivity index (χ1n) is 3.55. The third-order valence-corrected chi connectivity index (χ3v) is 2.26. The van der Waals surface area contributed by atoms with Gasteiger partial charge in [0.25, 0.3) is 0 Å². The smallest absolute Gasteiger partial charge is 0.226 e. The molecule has 1 aromatic rings. The molecule has 0 atom stereocenters. The maximum absolute atomic E-state index is 11.0. The zero-order valence-electron chi connectivity index (χ0n) is 6.70. The monoisotopic (exact) mass is 202 g/mol. The highest BCUT2D eigenvalue weighted by molar-refractivity contribution is 7.80. The molecule has 1 rings (SSSR count). The minimum absolute atomic E-state index is 0.0284. The van der Waals surface area contributed by atoms with Crippen LogP contribution in [0.25, 0.3) is 0 Å². The second-order valence-electron chi connectivity index (χ2n) is 2.30. The van der Waals surface area contributed by atoms with Crippen LogP contribution in [0.3, 0.4) is 0 Å². The fourth-order valence-electron chi connectivity index (χ4n) is 0.696. The van der Waals surface area contributed by atoms with Crippen LogP contribution in [0.15, 0.2) is 6.20 Å². The lowest BCUT2D eigenvalue weighted by atomic mass is 10.5. The number of rotatable bonds is 3. The molecule has 0 saturated carbocycles. The zero-order chi connectivity index (χ0) is 8.97. The van der Waals surface area contributed by atoms with Gasteiger partial charge in [-0.2, -0.15) is 12.6 Å². The molecule has 1 N–H and O–H groups in total. The van der Waals surface area contributed by atoms with E-state index in [-0.39, 0.29) is 5.91 Å². The van der Waals surface area contributed by atoms with Gasteiger partial charge in [-0.3, -0.25) is 4.79 Å². The molecule has 0 bridgehead atoms. The Kier molecular flexibility index (Phi) is 3.55. The van der Waals surface area contributed by atoms with Gasteiger partial charge in [-0.05, 0) is 12.7 Å². The normalized spacial score (nSPS) is 9.83. The molecule has 5 heteroatoms. The first-order valence-corrected chi connectivity index (χ1v) is 5.00. The number of hydrogen-bond acceptors (Lipinski definition) is 4. The molecule has 0 aliphatic heterocycles. The topological polar surface area (TPSA) is 42.0 Å².